The average molecular weight is 424 g/mol. The van der Waals surface area contributed by atoms with Crippen LogP contribution in [-0.4, -0.2) is 19.6 Å². The maximum Gasteiger partial charge on any atom is 0.279 e. The Hall–Kier alpha value is -3.89. The van der Waals surface area contributed by atoms with Gasteiger partial charge in [0.05, 0.1) is 7.11 Å². The molecule has 4 heteroatoms. The molecule has 0 heterocycles. The summed E-state index contributed by atoms with van der Waals surface area (Å²) >= 11 is 0. The van der Waals surface area contributed by atoms with Crippen LogP contribution >= 0.6 is 0 Å². The standard InChI is InChI=1S/C28H26N2O2/c1-32-24-18-16-23(17-19-24)28(22-12-6-3-7-13-22)29-20-27(31)30-26-15-9-8-14-25(26)21-10-4-2-5-11-21/h2-19,28-29H,20H2,1H3,(H,30,31)/p+1/t28-/m1/s1. The van der Waals surface area contributed by atoms with Crippen LogP contribution in [0.4, 0.5) is 5.69 Å². The number of nitrogens with one attached hydrogen (secondary N) is 1. The van der Waals surface area contributed by atoms with E-state index in [1.807, 2.05) is 84.9 Å². The van der Waals surface area contributed by atoms with Crippen LogP contribution < -0.4 is 15.4 Å². The van der Waals surface area contributed by atoms with Gasteiger partial charge in [0.15, 0.2) is 6.54 Å². The van der Waals surface area contributed by atoms with Crippen LogP contribution in [0.5, 0.6) is 5.75 Å². The highest BCUT2D eigenvalue weighted by Gasteiger charge is 2.19. The number of rotatable bonds is 8. The van der Waals surface area contributed by atoms with Crippen molar-refractivity contribution in [2.75, 3.05) is 19.0 Å². The molecule has 0 saturated heterocycles. The summed E-state index contributed by atoms with van der Waals surface area (Å²) in [5.74, 6) is 0.777. The summed E-state index contributed by atoms with van der Waals surface area (Å²) < 4.78 is 5.29. The van der Waals surface area contributed by atoms with Crippen LogP contribution in [-0.2, 0) is 4.79 Å². The summed E-state index contributed by atoms with van der Waals surface area (Å²) in [7, 11) is 1.66. The second-order valence-corrected chi connectivity index (χ2v) is 7.56. The molecule has 3 N–H and O–H groups in total. The zero-order valence-electron chi connectivity index (χ0n) is 18.1. The van der Waals surface area contributed by atoms with Gasteiger partial charge < -0.3 is 15.4 Å². The summed E-state index contributed by atoms with van der Waals surface area (Å²) in [5, 5.41) is 5.16. The number of para-hydroxylation sites is 1. The summed E-state index contributed by atoms with van der Waals surface area (Å²) in [5.41, 5.74) is 5.17. The van der Waals surface area contributed by atoms with Crippen molar-refractivity contribution in [1.82, 2.24) is 0 Å². The van der Waals surface area contributed by atoms with E-state index in [-0.39, 0.29) is 11.9 Å². The lowest BCUT2D eigenvalue weighted by atomic mass is 9.98. The highest BCUT2D eigenvalue weighted by Crippen LogP contribution is 2.27. The molecule has 160 valence electrons. The normalized spacial score (nSPS) is 11.5. The van der Waals surface area contributed by atoms with E-state index < -0.39 is 0 Å². The van der Waals surface area contributed by atoms with E-state index in [9.17, 15) is 4.79 Å². The molecule has 1 atom stereocenters. The number of ether oxygens (including phenoxy) is 1. The number of quaternary nitrogens is 1. The van der Waals surface area contributed by atoms with E-state index in [0.29, 0.717) is 6.54 Å². The van der Waals surface area contributed by atoms with Crippen LogP contribution in [0.25, 0.3) is 11.1 Å². The topological polar surface area (TPSA) is 54.9 Å². The molecule has 32 heavy (non-hydrogen) atoms. The van der Waals surface area contributed by atoms with Crippen LogP contribution in [0.1, 0.15) is 17.2 Å². The molecule has 4 rings (SSSR count). The number of benzene rings is 4. The second-order valence-electron chi connectivity index (χ2n) is 7.56. The van der Waals surface area contributed by atoms with Crippen molar-refractivity contribution < 1.29 is 14.8 Å². The Labute approximate surface area is 188 Å². The molecule has 4 aromatic rings. The van der Waals surface area contributed by atoms with Gasteiger partial charge in [-0.2, -0.15) is 0 Å². The second kappa shape index (κ2) is 10.4. The van der Waals surface area contributed by atoms with Gasteiger partial charge in [0.25, 0.3) is 5.91 Å². The van der Waals surface area contributed by atoms with E-state index >= 15 is 0 Å². The van der Waals surface area contributed by atoms with Gasteiger partial charge in [0, 0.05) is 22.4 Å². The van der Waals surface area contributed by atoms with Gasteiger partial charge in [-0.3, -0.25) is 4.79 Å². The quantitative estimate of drug-likeness (QED) is 0.433. The Kier molecular flexibility index (Phi) is 6.95. The minimum Gasteiger partial charge on any atom is -0.497 e. The predicted molar refractivity (Wildman–Crippen MR) is 129 cm³/mol. The number of nitrogens with two attached hydrogens (primary N) is 1. The first kappa shape index (κ1) is 21.3. The maximum absolute atomic E-state index is 12.9. The maximum atomic E-state index is 12.9. The zero-order chi connectivity index (χ0) is 22.2. The summed E-state index contributed by atoms with van der Waals surface area (Å²) in [4.78, 5) is 12.9. The molecule has 1 amide bonds. The van der Waals surface area contributed by atoms with Crippen LogP contribution in [0.3, 0.4) is 0 Å². The third kappa shape index (κ3) is 5.23. The Morgan fingerprint density at radius 2 is 1.38 bits per heavy atom. The van der Waals surface area contributed by atoms with Crippen molar-refractivity contribution in [2.45, 2.75) is 6.04 Å². The number of anilines is 1. The SMILES string of the molecule is COc1ccc([C@H]([NH2+]CC(=O)Nc2ccccc2-c2ccccc2)c2ccccc2)cc1. The number of carbonyl (C=O) groups excluding carboxylic acids is 1. The van der Waals surface area contributed by atoms with Gasteiger partial charge in [0.2, 0.25) is 0 Å². The third-order valence-electron chi connectivity index (χ3n) is 5.46. The highest BCUT2D eigenvalue weighted by atomic mass is 16.5. The molecule has 0 spiro atoms. The van der Waals surface area contributed by atoms with Crippen LogP contribution in [0.15, 0.2) is 109 Å². The first-order chi connectivity index (χ1) is 15.7. The lowest BCUT2D eigenvalue weighted by molar-refractivity contribution is -0.676. The van der Waals surface area contributed by atoms with Gasteiger partial charge in [-0.15, -0.1) is 0 Å². The molecule has 0 radical (unpaired) electrons. The van der Waals surface area contributed by atoms with Gasteiger partial charge in [-0.25, -0.2) is 0 Å². The first-order valence-electron chi connectivity index (χ1n) is 10.7. The number of methoxy groups -OCH3 is 1. The molecule has 0 aliphatic heterocycles. The van der Waals surface area contributed by atoms with Crippen molar-refractivity contribution in [1.29, 1.82) is 0 Å². The molecule has 0 fully saturated rings. The Balaban J connectivity index is 1.50. The Morgan fingerprint density at radius 3 is 2.06 bits per heavy atom. The van der Waals surface area contributed by atoms with E-state index in [1.54, 1.807) is 7.11 Å². The molecule has 0 aliphatic carbocycles. The van der Waals surface area contributed by atoms with Gasteiger partial charge in [-0.1, -0.05) is 78.9 Å². The number of hydrogen-bond donors (Lipinski definition) is 2. The molecule has 0 aliphatic rings. The number of hydrogen-bond acceptors (Lipinski definition) is 2. The average Bonchev–Trinajstić information content (AvgIpc) is 2.86. The summed E-state index contributed by atoms with van der Waals surface area (Å²) in [6.45, 7) is 0.300. The van der Waals surface area contributed by atoms with E-state index in [2.05, 4.69) is 34.9 Å². The lowest BCUT2D eigenvalue weighted by Crippen LogP contribution is -2.87. The largest absolute Gasteiger partial charge is 0.497 e. The molecular weight excluding hydrogens is 396 g/mol. The van der Waals surface area contributed by atoms with Crippen molar-refractivity contribution in [3.63, 3.8) is 0 Å². The predicted octanol–water partition coefficient (Wildman–Crippen LogP) is 4.65. The molecule has 0 unspecified atom stereocenters. The van der Waals surface area contributed by atoms with E-state index in [0.717, 1.165) is 33.7 Å². The first-order valence-corrected chi connectivity index (χ1v) is 10.7. The number of amides is 1. The zero-order valence-corrected chi connectivity index (χ0v) is 18.1. The van der Waals surface area contributed by atoms with Crippen molar-refractivity contribution in [3.8, 4) is 16.9 Å². The van der Waals surface area contributed by atoms with Gasteiger partial charge in [-0.05, 0) is 35.9 Å². The minimum absolute atomic E-state index is 0.0113. The Bertz CT molecular complexity index is 1140. The minimum atomic E-state index is -0.0391. The molecule has 0 aromatic heterocycles. The molecule has 4 nitrogen and oxygen atoms in total. The Morgan fingerprint density at radius 1 is 0.781 bits per heavy atom. The molecule has 0 bridgehead atoms. The fourth-order valence-electron chi connectivity index (χ4n) is 3.82. The summed E-state index contributed by atoms with van der Waals surface area (Å²) in [6.07, 6.45) is 0. The molecule has 0 saturated carbocycles. The highest BCUT2D eigenvalue weighted by molar-refractivity contribution is 5.95. The van der Waals surface area contributed by atoms with Crippen molar-refractivity contribution >= 4 is 11.6 Å². The molecular formula is C28H27N2O2+. The van der Waals surface area contributed by atoms with Gasteiger partial charge in [0.1, 0.15) is 11.8 Å². The molecule has 4 aromatic carbocycles. The van der Waals surface area contributed by atoms with Crippen molar-refractivity contribution in [2.24, 2.45) is 0 Å². The van der Waals surface area contributed by atoms with E-state index in [1.165, 1.54) is 0 Å². The lowest BCUT2D eigenvalue weighted by Gasteiger charge is -2.17. The fraction of sp³-hybridized carbons (Fsp3) is 0.107. The van der Waals surface area contributed by atoms with Gasteiger partial charge >= 0.3 is 0 Å². The number of carbonyl (C=O) groups is 1. The van der Waals surface area contributed by atoms with E-state index in [4.69, 9.17) is 4.74 Å². The summed E-state index contributed by atoms with van der Waals surface area (Å²) in [6, 6.07) is 36.2. The van der Waals surface area contributed by atoms with Crippen LogP contribution in [0, 0.1) is 0 Å². The third-order valence-corrected chi connectivity index (χ3v) is 5.46. The smallest absolute Gasteiger partial charge is 0.279 e. The fourth-order valence-corrected chi connectivity index (χ4v) is 3.82. The van der Waals surface area contributed by atoms with Crippen LogP contribution in [0.2, 0.25) is 0 Å². The monoisotopic (exact) mass is 423 g/mol. The van der Waals surface area contributed by atoms with Crippen molar-refractivity contribution in [3.05, 3.63) is 120 Å².